The Labute approximate surface area is 188 Å². The van der Waals surface area contributed by atoms with Gasteiger partial charge in [0.2, 0.25) is 11.8 Å². The number of likely N-dealkylation sites (tertiary alicyclic amines) is 1. The van der Waals surface area contributed by atoms with E-state index < -0.39 is 18.2 Å². The normalized spacial score (nSPS) is 19.8. The number of carbonyl (C=O) groups is 3. The average molecular weight is 444 g/mol. The van der Waals surface area contributed by atoms with Gasteiger partial charge in [0, 0.05) is 18.7 Å². The third-order valence-corrected chi connectivity index (χ3v) is 6.42. The summed E-state index contributed by atoms with van der Waals surface area (Å²) in [7, 11) is 1.28. The molecule has 1 aliphatic carbocycles. The molecule has 174 valence electrons. The van der Waals surface area contributed by atoms with Crippen molar-refractivity contribution in [2.45, 2.75) is 63.6 Å². The molecule has 1 heterocycles. The maximum absolute atomic E-state index is 13.4. The predicted octanol–water partition coefficient (Wildman–Crippen LogP) is 1.88. The molecule has 1 unspecified atom stereocenters. The number of rotatable bonds is 7. The highest BCUT2D eigenvalue weighted by atomic mass is 16.5. The number of hydrogen-bond donors (Lipinski definition) is 4. The van der Waals surface area contributed by atoms with Crippen LogP contribution in [0.15, 0.2) is 24.3 Å². The van der Waals surface area contributed by atoms with Crippen LogP contribution in [0.25, 0.3) is 0 Å². The quantitative estimate of drug-likeness (QED) is 0.377. The molecular formula is C23H33N5O4. The predicted molar refractivity (Wildman–Crippen MR) is 120 cm³/mol. The van der Waals surface area contributed by atoms with Crippen molar-refractivity contribution < 1.29 is 19.1 Å². The van der Waals surface area contributed by atoms with Crippen LogP contribution < -0.4 is 16.4 Å². The lowest BCUT2D eigenvalue weighted by molar-refractivity contribution is -0.141. The summed E-state index contributed by atoms with van der Waals surface area (Å²) in [6.07, 6.45) is 5.67. The van der Waals surface area contributed by atoms with Gasteiger partial charge in [-0.05, 0) is 37.2 Å². The van der Waals surface area contributed by atoms with Gasteiger partial charge in [0.15, 0.2) is 0 Å². The van der Waals surface area contributed by atoms with Gasteiger partial charge in [0.1, 0.15) is 17.9 Å². The van der Waals surface area contributed by atoms with E-state index >= 15 is 0 Å². The van der Waals surface area contributed by atoms with Gasteiger partial charge in [0.25, 0.3) is 0 Å². The summed E-state index contributed by atoms with van der Waals surface area (Å²) in [4.78, 5) is 39.9. The first-order chi connectivity index (χ1) is 15.4. The van der Waals surface area contributed by atoms with Crippen molar-refractivity contribution in [2.24, 2.45) is 11.7 Å². The summed E-state index contributed by atoms with van der Waals surface area (Å²) >= 11 is 0. The first-order valence-electron chi connectivity index (χ1n) is 11.3. The van der Waals surface area contributed by atoms with Crippen LogP contribution in [-0.2, 0) is 20.9 Å². The molecule has 5 N–H and O–H groups in total. The van der Waals surface area contributed by atoms with E-state index in [-0.39, 0.29) is 23.6 Å². The highest BCUT2D eigenvalue weighted by Crippen LogP contribution is 2.29. The lowest BCUT2D eigenvalue weighted by Crippen LogP contribution is -2.56. The summed E-state index contributed by atoms with van der Waals surface area (Å²) in [5.41, 5.74) is 6.98. The first kappa shape index (κ1) is 23.6. The number of alkyl carbamates (subject to hydrolysis) is 1. The zero-order chi connectivity index (χ0) is 23.1. The molecule has 1 saturated carbocycles. The average Bonchev–Trinajstić information content (AvgIpc) is 3.31. The number of carbonyl (C=O) groups excluding carboxylic acids is 3. The van der Waals surface area contributed by atoms with Gasteiger partial charge in [-0.15, -0.1) is 0 Å². The van der Waals surface area contributed by atoms with Crippen LogP contribution in [0.5, 0.6) is 0 Å². The Morgan fingerprint density at radius 3 is 2.44 bits per heavy atom. The molecule has 0 radical (unpaired) electrons. The number of hydrogen-bond acceptors (Lipinski definition) is 5. The second-order valence-electron chi connectivity index (χ2n) is 8.53. The van der Waals surface area contributed by atoms with Crippen LogP contribution in [0.3, 0.4) is 0 Å². The van der Waals surface area contributed by atoms with Crippen LogP contribution in [0, 0.1) is 11.3 Å². The van der Waals surface area contributed by atoms with E-state index in [2.05, 4.69) is 10.6 Å². The minimum Gasteiger partial charge on any atom is -0.453 e. The molecule has 1 aromatic rings. The smallest absolute Gasteiger partial charge is 0.407 e. The monoisotopic (exact) mass is 443 g/mol. The van der Waals surface area contributed by atoms with Crippen molar-refractivity contribution in [3.63, 3.8) is 0 Å². The van der Waals surface area contributed by atoms with E-state index in [1.807, 2.05) is 12.1 Å². The zero-order valence-corrected chi connectivity index (χ0v) is 18.6. The third kappa shape index (κ3) is 5.77. The lowest BCUT2D eigenvalue weighted by Gasteiger charge is -2.34. The van der Waals surface area contributed by atoms with Crippen molar-refractivity contribution in [3.8, 4) is 0 Å². The SMILES string of the molecule is COC(=O)NC(C(=O)N1CCC[C@H]1C(=O)NCc1ccc(C(=N)N)cc1)C1CCCCC1. The van der Waals surface area contributed by atoms with Crippen LogP contribution in [0.1, 0.15) is 56.1 Å². The van der Waals surface area contributed by atoms with Gasteiger partial charge < -0.3 is 26.0 Å². The summed E-state index contributed by atoms with van der Waals surface area (Å²) in [5.74, 6) is -0.356. The van der Waals surface area contributed by atoms with Crippen molar-refractivity contribution >= 4 is 23.7 Å². The number of nitrogens with zero attached hydrogens (tertiary/aromatic N) is 1. The minimum absolute atomic E-state index is 0.00576. The molecule has 2 aliphatic rings. The number of nitrogens with two attached hydrogens (primary N) is 1. The Bertz CT molecular complexity index is 835. The molecule has 1 aliphatic heterocycles. The van der Waals surface area contributed by atoms with Crippen LogP contribution in [0.2, 0.25) is 0 Å². The molecule has 3 amide bonds. The Morgan fingerprint density at radius 2 is 1.81 bits per heavy atom. The number of benzene rings is 1. The second kappa shape index (κ2) is 11.0. The number of amides is 3. The van der Waals surface area contributed by atoms with E-state index in [0.29, 0.717) is 25.1 Å². The lowest BCUT2D eigenvalue weighted by atomic mass is 9.83. The molecule has 2 atom stereocenters. The van der Waals surface area contributed by atoms with Gasteiger partial charge in [-0.25, -0.2) is 4.79 Å². The largest absolute Gasteiger partial charge is 0.453 e. The highest BCUT2D eigenvalue weighted by Gasteiger charge is 2.40. The molecule has 9 nitrogen and oxygen atoms in total. The zero-order valence-electron chi connectivity index (χ0n) is 18.6. The molecule has 0 bridgehead atoms. The molecule has 2 fully saturated rings. The molecule has 9 heteroatoms. The standard InChI is InChI=1S/C23H33N5O4/c1-32-23(31)27-19(16-6-3-2-4-7-16)22(30)28-13-5-8-18(28)21(29)26-14-15-9-11-17(12-10-15)20(24)25/h9-12,16,18-19H,2-8,13-14H2,1H3,(H3,24,25)(H,26,29)(H,27,31)/t18-,19?/m0/s1. The molecule has 1 saturated heterocycles. The molecule has 1 aromatic carbocycles. The van der Waals surface area contributed by atoms with Crippen molar-refractivity contribution in [2.75, 3.05) is 13.7 Å². The molecular weight excluding hydrogens is 410 g/mol. The van der Waals surface area contributed by atoms with Gasteiger partial charge in [-0.2, -0.15) is 0 Å². The number of nitrogens with one attached hydrogen (secondary N) is 3. The Kier molecular flexibility index (Phi) is 8.08. The Hall–Kier alpha value is -3.10. The van der Waals surface area contributed by atoms with Crippen LogP contribution in [0.4, 0.5) is 4.79 Å². The van der Waals surface area contributed by atoms with E-state index in [1.165, 1.54) is 7.11 Å². The van der Waals surface area contributed by atoms with E-state index in [0.717, 1.165) is 44.1 Å². The maximum atomic E-state index is 13.4. The van der Waals surface area contributed by atoms with Gasteiger partial charge in [0.05, 0.1) is 7.11 Å². The van der Waals surface area contributed by atoms with Crippen LogP contribution in [-0.4, -0.2) is 54.4 Å². The summed E-state index contributed by atoms with van der Waals surface area (Å²) in [6.45, 7) is 0.818. The molecule has 0 spiro atoms. The molecule has 32 heavy (non-hydrogen) atoms. The Balaban J connectivity index is 1.64. The number of amidine groups is 1. The van der Waals surface area contributed by atoms with Gasteiger partial charge >= 0.3 is 6.09 Å². The van der Waals surface area contributed by atoms with Crippen molar-refractivity contribution in [1.29, 1.82) is 5.41 Å². The fourth-order valence-corrected chi connectivity index (χ4v) is 4.63. The number of methoxy groups -OCH3 is 1. The Morgan fingerprint density at radius 1 is 1.12 bits per heavy atom. The van der Waals surface area contributed by atoms with Gasteiger partial charge in [-0.1, -0.05) is 43.5 Å². The maximum Gasteiger partial charge on any atom is 0.407 e. The first-order valence-corrected chi connectivity index (χ1v) is 11.3. The third-order valence-electron chi connectivity index (χ3n) is 6.42. The minimum atomic E-state index is -0.671. The molecule has 0 aromatic heterocycles. The van der Waals surface area contributed by atoms with E-state index in [1.54, 1.807) is 17.0 Å². The fourth-order valence-electron chi connectivity index (χ4n) is 4.63. The number of ether oxygens (including phenoxy) is 1. The summed E-state index contributed by atoms with van der Waals surface area (Å²) in [6, 6.07) is 5.88. The molecule has 3 rings (SSSR count). The summed E-state index contributed by atoms with van der Waals surface area (Å²) < 4.78 is 4.75. The van der Waals surface area contributed by atoms with E-state index in [9.17, 15) is 14.4 Å². The topological polar surface area (TPSA) is 138 Å². The highest BCUT2D eigenvalue weighted by molar-refractivity contribution is 5.95. The second-order valence-corrected chi connectivity index (χ2v) is 8.53. The van der Waals surface area contributed by atoms with Gasteiger partial charge in [-0.3, -0.25) is 15.0 Å². The van der Waals surface area contributed by atoms with Crippen molar-refractivity contribution in [3.05, 3.63) is 35.4 Å². The number of nitrogen functional groups attached to an aromatic ring is 1. The summed E-state index contributed by atoms with van der Waals surface area (Å²) in [5, 5.41) is 13.1. The fraction of sp³-hybridized carbons (Fsp3) is 0.565. The van der Waals surface area contributed by atoms with Crippen molar-refractivity contribution in [1.82, 2.24) is 15.5 Å². The van der Waals surface area contributed by atoms with Crippen LogP contribution >= 0.6 is 0 Å². The van der Waals surface area contributed by atoms with E-state index in [4.69, 9.17) is 15.9 Å².